The molecule has 180 valence electrons. The monoisotopic (exact) mass is 483 g/mol. The van der Waals surface area contributed by atoms with Crippen molar-refractivity contribution in [2.75, 3.05) is 20.6 Å². The molecule has 3 aromatic heterocycles. The lowest BCUT2D eigenvalue weighted by Crippen LogP contribution is -2.36. The van der Waals surface area contributed by atoms with Crippen molar-refractivity contribution in [1.82, 2.24) is 34.8 Å². The third-order valence-electron chi connectivity index (χ3n) is 5.76. The Morgan fingerprint density at radius 1 is 1.03 bits per heavy atom. The summed E-state index contributed by atoms with van der Waals surface area (Å²) in [5.41, 5.74) is 3.54. The Hall–Kier alpha value is -4.73. The fraction of sp³-hybridized carbons (Fsp3) is 0.154. The maximum atomic E-state index is 14.8. The minimum atomic E-state index is -0.722. The Morgan fingerprint density at radius 3 is 2.67 bits per heavy atom. The summed E-state index contributed by atoms with van der Waals surface area (Å²) < 4.78 is 16.4. The predicted molar refractivity (Wildman–Crippen MR) is 132 cm³/mol. The molecule has 0 radical (unpaired) electrons. The van der Waals surface area contributed by atoms with Crippen molar-refractivity contribution in [2.45, 2.75) is 6.42 Å². The van der Waals surface area contributed by atoms with E-state index in [1.165, 1.54) is 23.2 Å². The van der Waals surface area contributed by atoms with Gasteiger partial charge in [-0.3, -0.25) is 14.6 Å². The van der Waals surface area contributed by atoms with Crippen LogP contribution in [0.15, 0.2) is 67.1 Å². The molecular weight excluding hydrogens is 461 g/mol. The molecule has 36 heavy (non-hydrogen) atoms. The van der Waals surface area contributed by atoms with Crippen molar-refractivity contribution in [3.8, 4) is 11.3 Å². The van der Waals surface area contributed by atoms with E-state index in [0.29, 0.717) is 23.5 Å². The maximum absolute atomic E-state index is 14.8. The van der Waals surface area contributed by atoms with Crippen LogP contribution in [-0.2, 0) is 11.2 Å². The average Bonchev–Trinajstić information content (AvgIpc) is 3.28. The average molecular weight is 484 g/mol. The molecule has 9 nitrogen and oxygen atoms in total. The van der Waals surface area contributed by atoms with Crippen LogP contribution in [-0.4, -0.2) is 61.9 Å². The minimum absolute atomic E-state index is 0.159. The number of nitrogens with one attached hydrogen (secondary N) is 1. The largest absolute Gasteiger partial charge is 0.347 e. The van der Waals surface area contributed by atoms with Gasteiger partial charge in [0.2, 0.25) is 5.91 Å². The van der Waals surface area contributed by atoms with Gasteiger partial charge in [0.25, 0.3) is 11.7 Å². The number of halogens is 1. The molecule has 2 aromatic carbocycles. The molecule has 0 unspecified atom stereocenters. The van der Waals surface area contributed by atoms with E-state index < -0.39 is 11.7 Å². The van der Waals surface area contributed by atoms with Crippen molar-refractivity contribution < 1.29 is 14.0 Å². The van der Waals surface area contributed by atoms with Crippen LogP contribution in [0.5, 0.6) is 0 Å². The summed E-state index contributed by atoms with van der Waals surface area (Å²) in [4.78, 5) is 38.4. The Bertz CT molecular complexity index is 1610. The van der Waals surface area contributed by atoms with Crippen LogP contribution in [0, 0.1) is 5.82 Å². The third-order valence-corrected chi connectivity index (χ3v) is 5.76. The second-order valence-electron chi connectivity index (χ2n) is 8.48. The number of benzene rings is 2. The molecule has 1 N–H and O–H groups in total. The summed E-state index contributed by atoms with van der Waals surface area (Å²) in [5, 5.41) is 8.09. The topological polar surface area (TPSA) is 105 Å². The molecule has 0 saturated heterocycles. The first-order valence-electron chi connectivity index (χ1n) is 11.2. The third kappa shape index (κ3) is 4.61. The molecule has 3 heterocycles. The molecule has 10 heteroatoms. The molecular formula is C26H22FN7O2. The van der Waals surface area contributed by atoms with Gasteiger partial charge < -0.3 is 10.2 Å². The first-order chi connectivity index (χ1) is 17.4. The predicted octanol–water partition coefficient (Wildman–Crippen LogP) is 2.89. The number of aromatic nitrogens is 5. The first-order valence-corrected chi connectivity index (χ1v) is 11.2. The highest BCUT2D eigenvalue weighted by Crippen LogP contribution is 2.21. The normalized spacial score (nSPS) is 11.1. The van der Waals surface area contributed by atoms with Gasteiger partial charge in [-0.2, -0.15) is 5.10 Å². The van der Waals surface area contributed by atoms with Gasteiger partial charge in [0.05, 0.1) is 35.7 Å². The highest BCUT2D eigenvalue weighted by Gasteiger charge is 2.16. The summed E-state index contributed by atoms with van der Waals surface area (Å²) in [5.74, 6) is -1.25. The van der Waals surface area contributed by atoms with Crippen molar-refractivity contribution in [3.05, 3.63) is 89.8 Å². The molecule has 0 bridgehead atoms. The molecule has 0 aliphatic heterocycles. The molecule has 0 saturated carbocycles. The van der Waals surface area contributed by atoms with Gasteiger partial charge in [-0.1, -0.05) is 18.2 Å². The van der Waals surface area contributed by atoms with Crippen LogP contribution >= 0.6 is 0 Å². The molecule has 5 aromatic rings. The number of hydrogen-bond donors (Lipinski definition) is 1. The standard InChI is InChI=1S/C26H22FN7O2/c1-33(2)24(35)15-29-25(36)20-7-6-18(12-21(20)27)23-14-31-26-30-13-19(34(26)32-23)11-16-5-8-22-17(10-16)4-3-9-28-22/h3-10,12-14H,11,15H2,1-2H3,(H,29,36). The lowest BCUT2D eigenvalue weighted by Gasteiger charge is -2.11. The fourth-order valence-electron chi connectivity index (χ4n) is 3.78. The highest BCUT2D eigenvalue weighted by molar-refractivity contribution is 5.97. The molecule has 0 aliphatic carbocycles. The molecule has 5 rings (SSSR count). The molecule has 0 spiro atoms. The molecule has 0 atom stereocenters. The zero-order chi connectivity index (χ0) is 25.2. The summed E-state index contributed by atoms with van der Waals surface area (Å²) >= 11 is 0. The van der Waals surface area contributed by atoms with Gasteiger partial charge in [0.15, 0.2) is 0 Å². The zero-order valence-corrected chi connectivity index (χ0v) is 19.6. The van der Waals surface area contributed by atoms with Gasteiger partial charge in [-0.05, 0) is 35.9 Å². The second-order valence-corrected chi connectivity index (χ2v) is 8.48. The van der Waals surface area contributed by atoms with Gasteiger partial charge >= 0.3 is 0 Å². The Morgan fingerprint density at radius 2 is 1.86 bits per heavy atom. The SMILES string of the molecule is CN(C)C(=O)CNC(=O)c1ccc(-c2cnc3ncc(Cc4ccc5ncccc5c4)n3n2)cc1F. The lowest BCUT2D eigenvalue weighted by molar-refractivity contribution is -0.127. The van der Waals surface area contributed by atoms with E-state index in [4.69, 9.17) is 0 Å². The van der Waals surface area contributed by atoms with Crippen LogP contribution in [0.3, 0.4) is 0 Å². The van der Waals surface area contributed by atoms with Crippen LogP contribution in [0.25, 0.3) is 27.9 Å². The number of amides is 2. The highest BCUT2D eigenvalue weighted by atomic mass is 19.1. The second kappa shape index (κ2) is 9.49. The van der Waals surface area contributed by atoms with Gasteiger partial charge in [-0.15, -0.1) is 0 Å². The molecule has 0 fully saturated rings. The summed E-state index contributed by atoms with van der Waals surface area (Å²) in [6.07, 6.45) is 5.56. The van der Waals surface area contributed by atoms with Gasteiger partial charge in [-0.25, -0.2) is 18.9 Å². The van der Waals surface area contributed by atoms with E-state index in [2.05, 4.69) is 31.4 Å². The summed E-state index contributed by atoms with van der Waals surface area (Å²) in [7, 11) is 3.15. The number of hydrogen-bond acceptors (Lipinski definition) is 6. The number of pyridine rings is 1. The van der Waals surface area contributed by atoms with E-state index in [0.717, 1.165) is 22.2 Å². The van der Waals surface area contributed by atoms with Crippen molar-refractivity contribution in [3.63, 3.8) is 0 Å². The number of rotatable bonds is 6. The maximum Gasteiger partial charge on any atom is 0.254 e. The number of imidazole rings is 1. The number of nitrogens with zero attached hydrogens (tertiary/aromatic N) is 6. The van der Waals surface area contributed by atoms with E-state index in [9.17, 15) is 14.0 Å². The van der Waals surface area contributed by atoms with Gasteiger partial charge in [0.1, 0.15) is 11.5 Å². The number of carbonyl (C=O) groups is 2. The molecule has 0 aliphatic rings. The Kier molecular flexibility index (Phi) is 6.07. The van der Waals surface area contributed by atoms with Crippen LogP contribution in [0.2, 0.25) is 0 Å². The number of fused-ring (bicyclic) bond motifs is 2. The van der Waals surface area contributed by atoms with E-state index in [1.807, 2.05) is 24.3 Å². The van der Waals surface area contributed by atoms with E-state index in [1.54, 1.807) is 37.1 Å². The smallest absolute Gasteiger partial charge is 0.254 e. The molecule has 2 amide bonds. The van der Waals surface area contributed by atoms with Crippen molar-refractivity contribution in [2.24, 2.45) is 0 Å². The van der Waals surface area contributed by atoms with E-state index >= 15 is 0 Å². The first kappa shape index (κ1) is 23.0. The number of carbonyl (C=O) groups excluding carboxylic acids is 2. The van der Waals surface area contributed by atoms with Gasteiger partial charge in [0, 0.05) is 37.7 Å². The Balaban J connectivity index is 1.39. The minimum Gasteiger partial charge on any atom is -0.347 e. The fourth-order valence-corrected chi connectivity index (χ4v) is 3.78. The lowest BCUT2D eigenvalue weighted by atomic mass is 10.1. The van der Waals surface area contributed by atoms with Crippen LogP contribution in [0.1, 0.15) is 21.6 Å². The van der Waals surface area contributed by atoms with Crippen LogP contribution in [0.4, 0.5) is 4.39 Å². The van der Waals surface area contributed by atoms with Crippen molar-refractivity contribution >= 4 is 28.5 Å². The van der Waals surface area contributed by atoms with E-state index in [-0.39, 0.29) is 18.0 Å². The summed E-state index contributed by atoms with van der Waals surface area (Å²) in [6, 6.07) is 14.2. The van der Waals surface area contributed by atoms with Crippen LogP contribution < -0.4 is 5.32 Å². The van der Waals surface area contributed by atoms with Crippen molar-refractivity contribution in [1.29, 1.82) is 0 Å². The zero-order valence-electron chi connectivity index (χ0n) is 19.6. The quantitative estimate of drug-likeness (QED) is 0.398. The number of likely N-dealkylation sites (N-methyl/N-ethyl adjacent to an activating group) is 1. The summed E-state index contributed by atoms with van der Waals surface area (Å²) in [6.45, 7) is -0.216. The Labute approximate surface area is 205 Å².